The highest BCUT2D eigenvalue weighted by molar-refractivity contribution is 5.77. The zero-order valence-electron chi connectivity index (χ0n) is 9.16. The zero-order chi connectivity index (χ0) is 11.1. The van der Waals surface area contributed by atoms with Crippen molar-refractivity contribution in [1.29, 1.82) is 0 Å². The Kier molecular flexibility index (Phi) is 2.18. The van der Waals surface area contributed by atoms with Gasteiger partial charge in [0.15, 0.2) is 0 Å². The van der Waals surface area contributed by atoms with Crippen molar-refractivity contribution in [2.24, 2.45) is 0 Å². The highest BCUT2D eigenvalue weighted by atomic mass is 16.5. The number of hydrogen-bond donors (Lipinski definition) is 0. The van der Waals surface area contributed by atoms with Gasteiger partial charge in [0.1, 0.15) is 23.4 Å². The Morgan fingerprint density at radius 2 is 2.20 bits per heavy atom. The molecule has 1 aliphatic heterocycles. The van der Waals surface area contributed by atoms with Gasteiger partial charge in [-0.2, -0.15) is 0 Å². The lowest BCUT2D eigenvalue weighted by atomic mass is 10.00. The van der Waals surface area contributed by atoms with Gasteiger partial charge in [-0.3, -0.25) is 4.79 Å². The molecule has 1 heterocycles. The number of benzene rings is 1. The van der Waals surface area contributed by atoms with E-state index in [1.165, 1.54) is 0 Å². The van der Waals surface area contributed by atoms with Crippen molar-refractivity contribution in [3.63, 3.8) is 0 Å². The van der Waals surface area contributed by atoms with Crippen LogP contribution in [0.4, 0.5) is 0 Å². The molecule has 0 aliphatic carbocycles. The molecule has 1 aromatic rings. The molecule has 0 saturated carbocycles. The normalized spacial score (nSPS) is 16.7. The summed E-state index contributed by atoms with van der Waals surface area (Å²) < 4.78 is 11.0. The monoisotopic (exact) mass is 206 g/mol. The SMILES string of the molecule is COc1cc(C=O)cc2c1CC(C)(C)O2. The molecule has 0 unspecified atom stereocenters. The van der Waals surface area contributed by atoms with Crippen molar-refractivity contribution in [2.45, 2.75) is 25.9 Å². The lowest BCUT2D eigenvalue weighted by Crippen LogP contribution is -2.24. The number of fused-ring (bicyclic) bond motifs is 1. The Hall–Kier alpha value is -1.51. The van der Waals surface area contributed by atoms with Crippen LogP contribution in [-0.2, 0) is 6.42 Å². The van der Waals surface area contributed by atoms with E-state index in [2.05, 4.69) is 0 Å². The van der Waals surface area contributed by atoms with Crippen molar-refractivity contribution < 1.29 is 14.3 Å². The van der Waals surface area contributed by atoms with Gasteiger partial charge in [-0.15, -0.1) is 0 Å². The molecule has 3 nitrogen and oxygen atoms in total. The fourth-order valence-electron chi connectivity index (χ4n) is 1.92. The number of carbonyl (C=O) groups excluding carboxylic acids is 1. The van der Waals surface area contributed by atoms with Crippen LogP contribution in [0, 0.1) is 0 Å². The minimum absolute atomic E-state index is 0.211. The Balaban J connectivity index is 2.52. The quantitative estimate of drug-likeness (QED) is 0.696. The summed E-state index contributed by atoms with van der Waals surface area (Å²) >= 11 is 0. The molecule has 1 aliphatic rings. The van der Waals surface area contributed by atoms with Crippen LogP contribution in [0.1, 0.15) is 29.8 Å². The number of aldehydes is 1. The molecular formula is C12H14O3. The summed E-state index contributed by atoms with van der Waals surface area (Å²) in [6.07, 6.45) is 1.61. The number of hydrogen-bond acceptors (Lipinski definition) is 3. The molecule has 0 atom stereocenters. The Labute approximate surface area is 89.0 Å². The second-order valence-corrected chi connectivity index (χ2v) is 4.36. The Morgan fingerprint density at radius 3 is 2.80 bits per heavy atom. The summed E-state index contributed by atoms with van der Waals surface area (Å²) in [6.45, 7) is 4.04. The van der Waals surface area contributed by atoms with Crippen LogP contribution in [-0.4, -0.2) is 19.0 Å². The van der Waals surface area contributed by atoms with Gasteiger partial charge in [-0.25, -0.2) is 0 Å². The fraction of sp³-hybridized carbons (Fsp3) is 0.417. The van der Waals surface area contributed by atoms with Crippen LogP contribution in [0.5, 0.6) is 11.5 Å². The average molecular weight is 206 g/mol. The van der Waals surface area contributed by atoms with Crippen LogP contribution >= 0.6 is 0 Å². The van der Waals surface area contributed by atoms with E-state index in [0.717, 1.165) is 29.8 Å². The van der Waals surface area contributed by atoms with E-state index in [0.29, 0.717) is 5.56 Å². The highest BCUT2D eigenvalue weighted by Crippen LogP contribution is 2.40. The van der Waals surface area contributed by atoms with Crippen molar-refractivity contribution >= 4 is 6.29 Å². The zero-order valence-corrected chi connectivity index (χ0v) is 9.16. The predicted octanol–water partition coefficient (Wildman–Crippen LogP) is 2.22. The first kappa shape index (κ1) is 10.0. The molecule has 0 bridgehead atoms. The molecule has 80 valence electrons. The highest BCUT2D eigenvalue weighted by Gasteiger charge is 2.32. The van der Waals surface area contributed by atoms with Gasteiger partial charge < -0.3 is 9.47 Å². The molecule has 0 aromatic heterocycles. The summed E-state index contributed by atoms with van der Waals surface area (Å²) in [4.78, 5) is 10.7. The number of methoxy groups -OCH3 is 1. The first-order valence-corrected chi connectivity index (χ1v) is 4.91. The van der Waals surface area contributed by atoms with Gasteiger partial charge in [-0.05, 0) is 26.0 Å². The van der Waals surface area contributed by atoms with E-state index in [9.17, 15) is 4.79 Å². The standard InChI is InChI=1S/C12H14O3/c1-12(2)6-9-10(14-3)4-8(7-13)5-11(9)15-12/h4-5,7H,6H2,1-3H3. The van der Waals surface area contributed by atoms with Gasteiger partial charge in [-0.1, -0.05) is 0 Å². The molecule has 0 N–H and O–H groups in total. The third kappa shape index (κ3) is 1.69. The summed E-state index contributed by atoms with van der Waals surface area (Å²) in [6, 6.07) is 3.51. The van der Waals surface area contributed by atoms with E-state index in [1.807, 2.05) is 13.8 Å². The van der Waals surface area contributed by atoms with Gasteiger partial charge >= 0.3 is 0 Å². The summed E-state index contributed by atoms with van der Waals surface area (Å²) in [5, 5.41) is 0. The van der Waals surface area contributed by atoms with Gasteiger partial charge in [0.05, 0.1) is 7.11 Å². The van der Waals surface area contributed by atoms with E-state index < -0.39 is 0 Å². The maximum atomic E-state index is 10.7. The smallest absolute Gasteiger partial charge is 0.150 e. The second-order valence-electron chi connectivity index (χ2n) is 4.36. The average Bonchev–Trinajstić information content (AvgIpc) is 2.50. The molecule has 0 saturated heterocycles. The number of rotatable bonds is 2. The summed E-state index contributed by atoms with van der Waals surface area (Å²) in [5.74, 6) is 1.50. The topological polar surface area (TPSA) is 35.5 Å². The van der Waals surface area contributed by atoms with E-state index >= 15 is 0 Å². The first-order chi connectivity index (χ1) is 7.05. The summed E-state index contributed by atoms with van der Waals surface area (Å²) in [5.41, 5.74) is 1.42. The minimum atomic E-state index is -0.211. The van der Waals surface area contributed by atoms with Gasteiger partial charge in [0.2, 0.25) is 0 Å². The van der Waals surface area contributed by atoms with Crippen LogP contribution in [0.25, 0.3) is 0 Å². The number of carbonyl (C=O) groups is 1. The second kappa shape index (κ2) is 3.26. The maximum Gasteiger partial charge on any atom is 0.150 e. The van der Waals surface area contributed by atoms with E-state index in [4.69, 9.17) is 9.47 Å². The number of ether oxygens (including phenoxy) is 2. The molecular weight excluding hydrogens is 192 g/mol. The predicted molar refractivity (Wildman–Crippen MR) is 56.8 cm³/mol. The van der Waals surface area contributed by atoms with Crippen LogP contribution in [0.3, 0.4) is 0 Å². The third-order valence-electron chi connectivity index (χ3n) is 2.54. The first-order valence-electron chi connectivity index (χ1n) is 4.91. The minimum Gasteiger partial charge on any atom is -0.496 e. The third-order valence-corrected chi connectivity index (χ3v) is 2.54. The molecule has 3 heteroatoms. The lowest BCUT2D eigenvalue weighted by molar-refractivity contribution is 0.112. The van der Waals surface area contributed by atoms with Crippen molar-refractivity contribution in [1.82, 2.24) is 0 Å². The Morgan fingerprint density at radius 1 is 1.47 bits per heavy atom. The molecule has 15 heavy (non-hydrogen) atoms. The molecule has 0 spiro atoms. The molecule has 0 fully saturated rings. The Bertz CT molecular complexity index is 408. The van der Waals surface area contributed by atoms with Crippen LogP contribution < -0.4 is 9.47 Å². The van der Waals surface area contributed by atoms with E-state index in [1.54, 1.807) is 19.2 Å². The van der Waals surface area contributed by atoms with Crippen molar-refractivity contribution in [2.75, 3.05) is 7.11 Å². The van der Waals surface area contributed by atoms with Crippen LogP contribution in [0.2, 0.25) is 0 Å². The van der Waals surface area contributed by atoms with Gasteiger partial charge in [0.25, 0.3) is 0 Å². The molecule has 0 amide bonds. The molecule has 2 rings (SSSR count). The largest absolute Gasteiger partial charge is 0.496 e. The van der Waals surface area contributed by atoms with E-state index in [-0.39, 0.29) is 5.60 Å². The fourth-order valence-corrected chi connectivity index (χ4v) is 1.92. The lowest BCUT2D eigenvalue weighted by Gasteiger charge is -2.16. The van der Waals surface area contributed by atoms with Crippen molar-refractivity contribution in [3.05, 3.63) is 23.3 Å². The summed E-state index contributed by atoms with van der Waals surface area (Å²) in [7, 11) is 1.61. The molecule has 0 radical (unpaired) electrons. The molecule has 1 aromatic carbocycles. The maximum absolute atomic E-state index is 10.7. The van der Waals surface area contributed by atoms with Gasteiger partial charge in [0, 0.05) is 17.5 Å². The van der Waals surface area contributed by atoms with Crippen molar-refractivity contribution in [3.8, 4) is 11.5 Å². The van der Waals surface area contributed by atoms with Crippen LogP contribution in [0.15, 0.2) is 12.1 Å².